The molecule has 0 spiro atoms. The summed E-state index contributed by atoms with van der Waals surface area (Å²) >= 11 is 0. The van der Waals surface area contributed by atoms with Crippen LogP contribution in [0.5, 0.6) is 0 Å². The maximum absolute atomic E-state index is 11.9. The number of hydrogen-bond donors (Lipinski definition) is 3. The molecule has 1 atom stereocenters. The number of carbonyl (C=O) groups is 1. The third kappa shape index (κ3) is 5.19. The Hall–Kier alpha value is -1.59. The van der Waals surface area contributed by atoms with Gasteiger partial charge in [-0.1, -0.05) is 12.1 Å². The van der Waals surface area contributed by atoms with Crippen molar-refractivity contribution in [3.05, 3.63) is 29.8 Å². The second-order valence-electron chi connectivity index (χ2n) is 5.53. The Bertz CT molecular complexity index is 429. The normalized spacial score (nSPS) is 12.8. The fraction of sp³-hybridized carbons (Fsp3) is 0.533. The van der Waals surface area contributed by atoms with Gasteiger partial charge in [0.25, 0.3) is 0 Å². The van der Waals surface area contributed by atoms with Gasteiger partial charge < -0.3 is 20.7 Å². The number of benzene rings is 1. The number of anilines is 1. The van der Waals surface area contributed by atoms with Crippen LogP contribution in [0.3, 0.4) is 0 Å². The highest BCUT2D eigenvalue weighted by Crippen LogP contribution is 2.15. The van der Waals surface area contributed by atoms with Gasteiger partial charge in [0, 0.05) is 18.8 Å². The zero-order chi connectivity index (χ0) is 15.2. The zero-order valence-electron chi connectivity index (χ0n) is 12.9. The standard InChI is InChI=1S/C15H25N3O2/c1-11(16-4)12-6-8-13(9-7-12)17-14(19)18-15(2,3)10-20-5/h6-9,11,16H,10H2,1-5H3,(H2,17,18,19). The number of amides is 2. The summed E-state index contributed by atoms with van der Waals surface area (Å²) in [5, 5.41) is 8.85. The maximum Gasteiger partial charge on any atom is 0.319 e. The van der Waals surface area contributed by atoms with Crippen LogP contribution >= 0.6 is 0 Å². The van der Waals surface area contributed by atoms with Gasteiger partial charge in [0.1, 0.15) is 0 Å². The smallest absolute Gasteiger partial charge is 0.319 e. The molecule has 1 aromatic carbocycles. The Kier molecular flexibility index (Phi) is 5.98. The molecule has 0 bridgehead atoms. The van der Waals surface area contributed by atoms with Crippen LogP contribution in [0.25, 0.3) is 0 Å². The van der Waals surface area contributed by atoms with Gasteiger partial charge in [0.05, 0.1) is 12.1 Å². The molecule has 1 rings (SSSR count). The molecule has 20 heavy (non-hydrogen) atoms. The van der Waals surface area contributed by atoms with E-state index in [1.165, 1.54) is 5.56 Å². The third-order valence-corrected chi connectivity index (χ3v) is 3.06. The summed E-state index contributed by atoms with van der Waals surface area (Å²) in [5.74, 6) is 0. The molecule has 0 aliphatic carbocycles. The van der Waals surface area contributed by atoms with E-state index in [0.717, 1.165) is 5.69 Å². The molecule has 0 heterocycles. The van der Waals surface area contributed by atoms with Gasteiger partial charge in [0.15, 0.2) is 0 Å². The van der Waals surface area contributed by atoms with Crippen LogP contribution in [0.15, 0.2) is 24.3 Å². The number of rotatable bonds is 6. The summed E-state index contributed by atoms with van der Waals surface area (Å²) in [6.07, 6.45) is 0. The molecule has 1 aromatic rings. The lowest BCUT2D eigenvalue weighted by molar-refractivity contribution is 0.133. The first kappa shape index (κ1) is 16.5. The van der Waals surface area contributed by atoms with Gasteiger partial charge in [0.2, 0.25) is 0 Å². The monoisotopic (exact) mass is 279 g/mol. The van der Waals surface area contributed by atoms with Gasteiger partial charge in [-0.2, -0.15) is 0 Å². The highest BCUT2D eigenvalue weighted by molar-refractivity contribution is 5.89. The molecule has 5 heteroatoms. The molecule has 0 saturated carbocycles. The minimum absolute atomic E-state index is 0.235. The van der Waals surface area contributed by atoms with E-state index in [4.69, 9.17) is 4.74 Å². The van der Waals surface area contributed by atoms with E-state index in [2.05, 4.69) is 22.9 Å². The zero-order valence-corrected chi connectivity index (χ0v) is 12.9. The van der Waals surface area contributed by atoms with Gasteiger partial charge in [-0.3, -0.25) is 0 Å². The molecule has 0 fully saturated rings. The number of methoxy groups -OCH3 is 1. The van der Waals surface area contributed by atoms with Gasteiger partial charge in [-0.25, -0.2) is 4.79 Å². The minimum atomic E-state index is -0.403. The highest BCUT2D eigenvalue weighted by atomic mass is 16.5. The number of carbonyl (C=O) groups excluding carboxylic acids is 1. The van der Waals surface area contributed by atoms with Crippen molar-refractivity contribution in [2.45, 2.75) is 32.4 Å². The van der Waals surface area contributed by atoms with E-state index in [1.54, 1.807) is 7.11 Å². The number of nitrogens with one attached hydrogen (secondary N) is 3. The van der Waals surface area contributed by atoms with Crippen LogP contribution in [0.2, 0.25) is 0 Å². The van der Waals surface area contributed by atoms with Crippen molar-refractivity contribution in [1.82, 2.24) is 10.6 Å². The Morgan fingerprint density at radius 2 is 1.90 bits per heavy atom. The summed E-state index contributed by atoms with van der Waals surface area (Å²) in [6.45, 7) is 6.36. The number of ether oxygens (including phenoxy) is 1. The van der Waals surface area contributed by atoms with E-state index in [1.807, 2.05) is 45.2 Å². The summed E-state index contributed by atoms with van der Waals surface area (Å²) < 4.78 is 5.06. The molecular formula is C15H25N3O2. The van der Waals surface area contributed by atoms with E-state index >= 15 is 0 Å². The predicted molar refractivity (Wildman–Crippen MR) is 82.0 cm³/mol. The predicted octanol–water partition coefficient (Wildman–Crippen LogP) is 2.51. The topological polar surface area (TPSA) is 62.4 Å². The average molecular weight is 279 g/mol. The molecule has 2 amide bonds. The molecule has 5 nitrogen and oxygen atoms in total. The molecular weight excluding hydrogens is 254 g/mol. The first-order valence-corrected chi connectivity index (χ1v) is 6.73. The average Bonchev–Trinajstić information content (AvgIpc) is 2.37. The van der Waals surface area contributed by atoms with Gasteiger partial charge >= 0.3 is 6.03 Å². The molecule has 112 valence electrons. The first-order valence-electron chi connectivity index (χ1n) is 6.73. The Morgan fingerprint density at radius 1 is 1.30 bits per heavy atom. The number of urea groups is 1. The molecule has 0 aliphatic heterocycles. The van der Waals surface area contributed by atoms with E-state index in [0.29, 0.717) is 12.6 Å². The number of hydrogen-bond acceptors (Lipinski definition) is 3. The summed E-state index contributed by atoms with van der Waals surface area (Å²) in [5.41, 5.74) is 1.54. The molecule has 1 unspecified atom stereocenters. The summed E-state index contributed by atoms with van der Waals surface area (Å²) in [4.78, 5) is 11.9. The lowest BCUT2D eigenvalue weighted by Gasteiger charge is -2.25. The van der Waals surface area contributed by atoms with E-state index in [-0.39, 0.29) is 6.03 Å². The van der Waals surface area contributed by atoms with Crippen LogP contribution in [0.4, 0.5) is 10.5 Å². The first-order chi connectivity index (χ1) is 9.38. The van der Waals surface area contributed by atoms with Crippen LogP contribution < -0.4 is 16.0 Å². The fourth-order valence-electron chi connectivity index (χ4n) is 1.89. The fourth-order valence-corrected chi connectivity index (χ4v) is 1.89. The van der Waals surface area contributed by atoms with Crippen LogP contribution in [0, 0.1) is 0 Å². The van der Waals surface area contributed by atoms with Crippen LogP contribution in [-0.4, -0.2) is 32.3 Å². The van der Waals surface area contributed by atoms with Crippen molar-refractivity contribution in [3.63, 3.8) is 0 Å². The maximum atomic E-state index is 11.9. The Labute approximate surface area is 121 Å². The Morgan fingerprint density at radius 3 is 2.40 bits per heavy atom. The van der Waals surface area contributed by atoms with Crippen LogP contribution in [-0.2, 0) is 4.74 Å². The largest absolute Gasteiger partial charge is 0.382 e. The van der Waals surface area contributed by atoms with E-state index < -0.39 is 5.54 Å². The van der Waals surface area contributed by atoms with Crippen molar-refractivity contribution in [2.75, 3.05) is 26.1 Å². The Balaban J connectivity index is 2.58. The lowest BCUT2D eigenvalue weighted by Crippen LogP contribution is -2.48. The minimum Gasteiger partial charge on any atom is -0.382 e. The summed E-state index contributed by atoms with van der Waals surface area (Å²) in [6, 6.07) is 7.84. The summed E-state index contributed by atoms with van der Waals surface area (Å²) in [7, 11) is 3.53. The molecule has 0 aromatic heterocycles. The molecule has 0 radical (unpaired) electrons. The quantitative estimate of drug-likeness (QED) is 0.750. The van der Waals surface area contributed by atoms with Crippen molar-refractivity contribution in [1.29, 1.82) is 0 Å². The molecule has 0 saturated heterocycles. The highest BCUT2D eigenvalue weighted by Gasteiger charge is 2.20. The SMILES string of the molecule is CNC(C)c1ccc(NC(=O)NC(C)(C)COC)cc1. The van der Waals surface area contributed by atoms with Crippen molar-refractivity contribution in [3.8, 4) is 0 Å². The third-order valence-electron chi connectivity index (χ3n) is 3.06. The van der Waals surface area contributed by atoms with Crippen molar-refractivity contribution in [2.24, 2.45) is 0 Å². The van der Waals surface area contributed by atoms with Gasteiger partial charge in [-0.15, -0.1) is 0 Å². The van der Waals surface area contributed by atoms with Crippen molar-refractivity contribution >= 4 is 11.7 Å². The molecule has 0 aliphatic rings. The lowest BCUT2D eigenvalue weighted by atomic mass is 10.1. The molecule has 3 N–H and O–H groups in total. The second-order valence-corrected chi connectivity index (χ2v) is 5.53. The van der Waals surface area contributed by atoms with E-state index in [9.17, 15) is 4.79 Å². The second kappa shape index (κ2) is 7.26. The van der Waals surface area contributed by atoms with Gasteiger partial charge in [-0.05, 0) is 45.5 Å². The van der Waals surface area contributed by atoms with Crippen molar-refractivity contribution < 1.29 is 9.53 Å². The van der Waals surface area contributed by atoms with Crippen LogP contribution in [0.1, 0.15) is 32.4 Å².